The number of benzene rings is 3. The van der Waals surface area contributed by atoms with Crippen molar-refractivity contribution in [1.29, 1.82) is 0 Å². The molecule has 0 unspecified atom stereocenters. The molecule has 0 fully saturated rings. The van der Waals surface area contributed by atoms with Crippen LogP contribution in [0.15, 0.2) is 58.2 Å². The topological polar surface area (TPSA) is 143 Å². The quantitative estimate of drug-likeness (QED) is 0.212. The van der Waals surface area contributed by atoms with Gasteiger partial charge in [0, 0.05) is 21.5 Å². The Kier molecular flexibility index (Phi) is 5.90. The first kappa shape index (κ1) is 24.7. The number of pyridine rings is 1. The summed E-state index contributed by atoms with van der Waals surface area (Å²) in [7, 11) is -4.68. The molecule has 0 bridgehead atoms. The Morgan fingerprint density at radius 3 is 2.43 bits per heavy atom. The predicted octanol–water partition coefficient (Wildman–Crippen LogP) is 4.87. The number of ketones is 1. The van der Waals surface area contributed by atoms with Crippen LogP contribution in [0, 0.1) is 6.92 Å². The minimum Gasteiger partial charge on any atom is -0.462 e. The maximum absolute atomic E-state index is 13.8. The van der Waals surface area contributed by atoms with Gasteiger partial charge in [-0.1, -0.05) is 35.9 Å². The zero-order valence-corrected chi connectivity index (χ0v) is 21.1. The number of esters is 1. The highest BCUT2D eigenvalue weighted by atomic mass is 35.5. The van der Waals surface area contributed by atoms with Crippen LogP contribution in [0.5, 0.6) is 0 Å². The van der Waals surface area contributed by atoms with Gasteiger partial charge in [-0.15, -0.1) is 0 Å². The number of hydrogen-bond donors (Lipinski definition) is 3. The summed E-state index contributed by atoms with van der Waals surface area (Å²) < 4.78 is 39.0. The van der Waals surface area contributed by atoms with Crippen LogP contribution in [0.4, 0.5) is 11.4 Å². The van der Waals surface area contributed by atoms with E-state index in [0.29, 0.717) is 22.0 Å². The molecule has 0 saturated heterocycles. The number of ether oxygens (including phenoxy) is 1. The van der Waals surface area contributed by atoms with Gasteiger partial charge in [-0.2, -0.15) is 8.42 Å². The number of fused-ring (bicyclic) bond motifs is 2. The number of halogens is 1. The zero-order chi connectivity index (χ0) is 26.6. The highest BCUT2D eigenvalue weighted by Crippen LogP contribution is 2.44. The summed E-state index contributed by atoms with van der Waals surface area (Å²) in [5.74, 6) is -1.24. The van der Waals surface area contributed by atoms with Crippen LogP contribution in [0.2, 0.25) is 5.02 Å². The fourth-order valence-corrected chi connectivity index (χ4v) is 5.55. The molecule has 1 aliphatic rings. The summed E-state index contributed by atoms with van der Waals surface area (Å²) in [5, 5.41) is 3.34. The molecule has 0 spiro atoms. The zero-order valence-electron chi connectivity index (χ0n) is 19.5. The second-order valence-corrected chi connectivity index (χ2v) is 10.2. The van der Waals surface area contributed by atoms with E-state index in [2.05, 4.69) is 10.3 Å². The van der Waals surface area contributed by atoms with Crippen LogP contribution in [-0.2, 0) is 14.9 Å². The summed E-state index contributed by atoms with van der Waals surface area (Å²) in [6.45, 7) is 3.36. The minimum absolute atomic E-state index is 0.0230. The minimum atomic E-state index is -4.68. The number of H-pyrrole nitrogens is 1. The van der Waals surface area contributed by atoms with Gasteiger partial charge in [-0.3, -0.25) is 14.1 Å². The van der Waals surface area contributed by atoms with E-state index >= 15 is 0 Å². The van der Waals surface area contributed by atoms with Gasteiger partial charge < -0.3 is 15.0 Å². The Morgan fingerprint density at radius 1 is 1.05 bits per heavy atom. The molecule has 1 aromatic heterocycles. The highest BCUT2D eigenvalue weighted by Gasteiger charge is 2.34. The van der Waals surface area contributed by atoms with E-state index in [-0.39, 0.29) is 45.3 Å². The number of aromatic nitrogens is 1. The first-order valence-corrected chi connectivity index (χ1v) is 12.9. The Morgan fingerprint density at radius 2 is 1.76 bits per heavy atom. The first-order valence-electron chi connectivity index (χ1n) is 11.1. The summed E-state index contributed by atoms with van der Waals surface area (Å²) >= 11 is 5.95. The molecule has 0 saturated carbocycles. The third-order valence-electron chi connectivity index (χ3n) is 6.13. The van der Waals surface area contributed by atoms with Gasteiger partial charge in [-0.25, -0.2) is 4.79 Å². The number of carbonyl (C=O) groups is 2. The number of nitrogens with one attached hydrogen (secondary N) is 2. The molecular weight excluding hydrogens is 520 g/mol. The molecule has 3 N–H and O–H groups in total. The molecule has 0 amide bonds. The molecule has 0 atom stereocenters. The molecule has 9 nitrogen and oxygen atoms in total. The van der Waals surface area contributed by atoms with E-state index in [1.807, 2.05) is 0 Å². The average Bonchev–Trinajstić information content (AvgIpc) is 2.84. The molecule has 0 radical (unpaired) electrons. The van der Waals surface area contributed by atoms with Crippen LogP contribution < -0.4 is 10.9 Å². The van der Waals surface area contributed by atoms with Crippen molar-refractivity contribution >= 4 is 55.7 Å². The van der Waals surface area contributed by atoms with E-state index < -0.39 is 32.3 Å². The molecule has 4 aromatic rings. The molecule has 11 heteroatoms. The fraction of sp³-hybridized carbons (Fsp3) is 0.115. The number of rotatable bonds is 5. The maximum Gasteiger partial charge on any atom is 0.344 e. The predicted molar refractivity (Wildman–Crippen MR) is 139 cm³/mol. The summed E-state index contributed by atoms with van der Waals surface area (Å²) in [5.41, 5.74) is 1.21. The van der Waals surface area contributed by atoms with Crippen LogP contribution in [0.25, 0.3) is 22.0 Å². The average molecular weight is 539 g/mol. The van der Waals surface area contributed by atoms with Gasteiger partial charge in [0.1, 0.15) is 10.5 Å². The van der Waals surface area contributed by atoms with Crippen molar-refractivity contribution in [3.8, 4) is 11.1 Å². The normalized spacial score (nSPS) is 12.4. The highest BCUT2D eigenvalue weighted by molar-refractivity contribution is 7.86. The van der Waals surface area contributed by atoms with Crippen molar-refractivity contribution in [3.05, 3.63) is 86.2 Å². The Balaban J connectivity index is 1.90. The molecule has 188 valence electrons. The monoisotopic (exact) mass is 538 g/mol. The molecule has 3 aromatic carbocycles. The number of hydrogen-bond acceptors (Lipinski definition) is 7. The van der Waals surface area contributed by atoms with E-state index in [9.17, 15) is 27.4 Å². The van der Waals surface area contributed by atoms with Crippen molar-refractivity contribution < 1.29 is 27.3 Å². The van der Waals surface area contributed by atoms with Crippen molar-refractivity contribution in [2.24, 2.45) is 0 Å². The Bertz CT molecular complexity index is 1830. The molecule has 5 rings (SSSR count). The molecular formula is C26H19ClN2O7S. The van der Waals surface area contributed by atoms with Crippen molar-refractivity contribution in [3.63, 3.8) is 0 Å². The third kappa shape index (κ3) is 3.99. The van der Waals surface area contributed by atoms with E-state index in [0.717, 1.165) is 6.07 Å². The number of carbonyl (C=O) groups excluding carboxylic acids is 2. The number of anilines is 2. The summed E-state index contributed by atoms with van der Waals surface area (Å²) in [4.78, 5) is 42.1. The van der Waals surface area contributed by atoms with E-state index in [4.69, 9.17) is 16.3 Å². The van der Waals surface area contributed by atoms with E-state index in [1.165, 1.54) is 12.1 Å². The van der Waals surface area contributed by atoms with Crippen molar-refractivity contribution in [2.75, 3.05) is 11.9 Å². The van der Waals surface area contributed by atoms with Crippen LogP contribution >= 0.6 is 11.6 Å². The number of aryl methyl sites for hydroxylation is 1. The first-order chi connectivity index (χ1) is 17.5. The Hall–Kier alpha value is -3.99. The van der Waals surface area contributed by atoms with Gasteiger partial charge in [0.05, 0.1) is 29.1 Å². The van der Waals surface area contributed by atoms with Gasteiger partial charge in [-0.05, 0) is 49.2 Å². The van der Waals surface area contributed by atoms with E-state index in [1.54, 1.807) is 44.2 Å². The Labute approximate surface area is 215 Å². The molecule has 1 heterocycles. The molecule has 37 heavy (non-hydrogen) atoms. The standard InChI is InChI=1S/C26H19ClN2O7S/c1-3-36-26(32)22-19-14-6-4-5-7-15(14)24(30)20-17(10-12(2)23(21(19)20)29-25(22)31)28-16-9-8-13(27)11-18(16)37(33,34)35/h4-11,28H,3H2,1-2H3,(H,29,31)(H,33,34,35). The summed E-state index contributed by atoms with van der Waals surface area (Å²) in [6.07, 6.45) is 0. The van der Waals surface area contributed by atoms with Crippen LogP contribution in [0.1, 0.15) is 38.8 Å². The largest absolute Gasteiger partial charge is 0.462 e. The van der Waals surface area contributed by atoms with Crippen LogP contribution in [0.3, 0.4) is 0 Å². The van der Waals surface area contributed by atoms with Crippen LogP contribution in [-0.4, -0.2) is 36.3 Å². The lowest BCUT2D eigenvalue weighted by molar-refractivity contribution is 0.0525. The lowest BCUT2D eigenvalue weighted by atomic mass is 9.80. The van der Waals surface area contributed by atoms with Gasteiger partial charge in [0.2, 0.25) is 0 Å². The molecule has 1 aliphatic carbocycles. The summed E-state index contributed by atoms with van der Waals surface area (Å²) in [6, 6.07) is 12.0. The molecule has 0 aliphatic heterocycles. The fourth-order valence-electron chi connectivity index (χ4n) is 4.64. The van der Waals surface area contributed by atoms with Crippen molar-refractivity contribution in [1.82, 2.24) is 4.98 Å². The lowest BCUT2D eigenvalue weighted by Crippen LogP contribution is -2.25. The SMILES string of the molecule is CCOC(=O)c1c2c3c(c(Nc4ccc(Cl)cc4S(=O)(=O)O)cc(C)c3[nH]c1=O)C(=O)c1ccccc1-2. The third-order valence-corrected chi connectivity index (χ3v) is 7.26. The smallest absolute Gasteiger partial charge is 0.344 e. The second kappa shape index (κ2) is 8.84. The van der Waals surface area contributed by atoms with Crippen molar-refractivity contribution in [2.45, 2.75) is 18.7 Å². The van der Waals surface area contributed by atoms with Gasteiger partial charge in [0.25, 0.3) is 15.7 Å². The number of aromatic amines is 1. The van der Waals surface area contributed by atoms with Gasteiger partial charge in [0.15, 0.2) is 5.78 Å². The second-order valence-electron chi connectivity index (χ2n) is 8.41. The lowest BCUT2D eigenvalue weighted by Gasteiger charge is -2.25. The van der Waals surface area contributed by atoms with Gasteiger partial charge >= 0.3 is 5.97 Å². The maximum atomic E-state index is 13.8.